The molecule has 0 saturated carbocycles. The fourth-order valence-electron chi connectivity index (χ4n) is 1.73. The largest absolute Gasteiger partial charge is 0.392 e. The molecule has 1 heterocycles. The Morgan fingerprint density at radius 3 is 2.47 bits per heavy atom. The van der Waals surface area contributed by atoms with Gasteiger partial charge in [-0.2, -0.15) is 0 Å². The van der Waals surface area contributed by atoms with Gasteiger partial charge in [0, 0.05) is 17.8 Å². The molecule has 1 aromatic carbocycles. The molecule has 2 rings (SSSR count). The lowest BCUT2D eigenvalue weighted by Gasteiger charge is -2.11. The maximum absolute atomic E-state index is 9.00. The van der Waals surface area contributed by atoms with Gasteiger partial charge in [0.2, 0.25) is 0 Å². The molecule has 0 unspecified atom stereocenters. The molecule has 1 N–H and O–H groups in total. The van der Waals surface area contributed by atoms with Crippen LogP contribution in [0.1, 0.15) is 25.5 Å². The summed E-state index contributed by atoms with van der Waals surface area (Å²) < 4.78 is 2.04. The van der Waals surface area contributed by atoms with Gasteiger partial charge in [0.05, 0.1) is 6.61 Å². The summed E-state index contributed by atoms with van der Waals surface area (Å²) in [7, 11) is 0. The summed E-state index contributed by atoms with van der Waals surface area (Å²) in [5.41, 5.74) is 1.89. The van der Waals surface area contributed by atoms with Gasteiger partial charge in [-0.05, 0) is 19.4 Å². The molecular weight excluding hydrogens is 236 g/mol. The van der Waals surface area contributed by atoms with Gasteiger partial charge in [-0.25, -0.2) is 4.98 Å². The molecule has 90 valence electrons. The third kappa shape index (κ3) is 2.51. The Kier molecular flexibility index (Phi) is 3.50. The van der Waals surface area contributed by atoms with Crippen LogP contribution in [-0.2, 0) is 6.61 Å². The zero-order valence-corrected chi connectivity index (χ0v) is 10.6. The minimum Gasteiger partial charge on any atom is -0.392 e. The maximum atomic E-state index is 9.00. The average molecular weight is 251 g/mol. The van der Waals surface area contributed by atoms with Crippen molar-refractivity contribution in [2.24, 2.45) is 0 Å². The van der Waals surface area contributed by atoms with Gasteiger partial charge >= 0.3 is 0 Å². The molecule has 0 aliphatic rings. The van der Waals surface area contributed by atoms with Crippen LogP contribution in [0.25, 0.3) is 11.4 Å². The van der Waals surface area contributed by atoms with E-state index in [0.29, 0.717) is 11.2 Å². The second-order valence-electron chi connectivity index (χ2n) is 4.24. The zero-order valence-electron chi connectivity index (χ0n) is 9.89. The fourth-order valence-corrected chi connectivity index (χ4v) is 1.92. The number of rotatable bonds is 3. The van der Waals surface area contributed by atoms with Crippen molar-refractivity contribution in [3.63, 3.8) is 0 Å². The number of hydrogen-bond donors (Lipinski definition) is 1. The lowest BCUT2D eigenvalue weighted by atomic mass is 10.1. The Hall–Kier alpha value is -1.32. The van der Waals surface area contributed by atoms with E-state index in [-0.39, 0.29) is 6.61 Å². The number of benzene rings is 1. The number of aromatic nitrogens is 2. The molecule has 0 aliphatic heterocycles. The summed E-state index contributed by atoms with van der Waals surface area (Å²) in [5.74, 6) is 0.856. The Labute approximate surface area is 106 Å². The molecule has 0 fully saturated rings. The summed E-state index contributed by atoms with van der Waals surface area (Å²) in [6.07, 6.45) is 1.83. The molecule has 0 atom stereocenters. The molecule has 0 radical (unpaired) electrons. The summed E-state index contributed by atoms with van der Waals surface area (Å²) in [4.78, 5) is 4.32. The number of halogens is 1. The second-order valence-corrected chi connectivity index (χ2v) is 4.63. The lowest BCUT2D eigenvalue weighted by Crippen LogP contribution is -2.01. The summed E-state index contributed by atoms with van der Waals surface area (Å²) in [6.45, 7) is 4.23. The fraction of sp³-hybridized carbons (Fsp3) is 0.308. The van der Waals surface area contributed by atoms with Crippen molar-refractivity contribution in [2.75, 3.05) is 0 Å². The van der Waals surface area contributed by atoms with E-state index in [1.165, 1.54) is 0 Å². The van der Waals surface area contributed by atoms with Gasteiger partial charge in [0.1, 0.15) is 11.0 Å². The van der Waals surface area contributed by atoms with Gasteiger partial charge in [0.25, 0.3) is 0 Å². The smallest absolute Gasteiger partial charge is 0.147 e. The second kappa shape index (κ2) is 4.90. The van der Waals surface area contributed by atoms with E-state index < -0.39 is 0 Å². The Balaban J connectivity index is 2.44. The highest BCUT2D eigenvalue weighted by molar-refractivity contribution is 6.29. The summed E-state index contributed by atoms with van der Waals surface area (Å²) in [5, 5.41) is 9.50. The van der Waals surface area contributed by atoms with Gasteiger partial charge in [-0.3, -0.25) is 0 Å². The predicted molar refractivity (Wildman–Crippen MR) is 69.0 cm³/mol. The molecule has 0 bridgehead atoms. The highest BCUT2D eigenvalue weighted by Gasteiger charge is 2.11. The normalized spacial score (nSPS) is 11.1. The van der Waals surface area contributed by atoms with Crippen LogP contribution in [0.5, 0.6) is 0 Å². The highest BCUT2D eigenvalue weighted by atomic mass is 35.5. The molecule has 0 amide bonds. The number of nitrogens with zero attached hydrogens (tertiary/aromatic N) is 2. The van der Waals surface area contributed by atoms with Crippen LogP contribution in [0.2, 0.25) is 5.15 Å². The topological polar surface area (TPSA) is 38.0 Å². The Morgan fingerprint density at radius 2 is 1.94 bits per heavy atom. The zero-order chi connectivity index (χ0) is 12.4. The lowest BCUT2D eigenvalue weighted by molar-refractivity contribution is 0.282. The summed E-state index contributed by atoms with van der Waals surface area (Å²) in [6, 6.07) is 7.99. The molecule has 0 saturated heterocycles. The number of aliphatic hydroxyl groups excluding tert-OH is 1. The third-order valence-electron chi connectivity index (χ3n) is 2.65. The van der Waals surface area contributed by atoms with Crippen LogP contribution in [0.15, 0.2) is 30.5 Å². The van der Waals surface area contributed by atoms with Crippen molar-refractivity contribution in [3.8, 4) is 11.4 Å². The van der Waals surface area contributed by atoms with Gasteiger partial charge in [-0.1, -0.05) is 35.9 Å². The standard InChI is InChI=1S/C13H15ClN2O/c1-9(2)16-7-12(14)15-13(16)11-5-3-10(8-17)4-6-11/h3-7,9,17H,8H2,1-2H3. The maximum Gasteiger partial charge on any atom is 0.147 e. The van der Waals surface area contributed by atoms with Crippen molar-refractivity contribution in [1.82, 2.24) is 9.55 Å². The summed E-state index contributed by atoms with van der Waals surface area (Å²) >= 11 is 5.95. The van der Waals surface area contributed by atoms with E-state index in [4.69, 9.17) is 16.7 Å². The minimum absolute atomic E-state index is 0.0552. The molecular formula is C13H15ClN2O. The van der Waals surface area contributed by atoms with Crippen LogP contribution in [0, 0.1) is 0 Å². The van der Waals surface area contributed by atoms with Crippen molar-refractivity contribution in [1.29, 1.82) is 0 Å². The first-order valence-corrected chi connectivity index (χ1v) is 5.94. The molecule has 1 aromatic heterocycles. The molecule has 17 heavy (non-hydrogen) atoms. The van der Waals surface area contributed by atoms with Crippen molar-refractivity contribution in [2.45, 2.75) is 26.5 Å². The average Bonchev–Trinajstić information content (AvgIpc) is 2.72. The van der Waals surface area contributed by atoms with Gasteiger partial charge in [0.15, 0.2) is 0 Å². The quantitative estimate of drug-likeness (QED) is 0.908. The van der Waals surface area contributed by atoms with Gasteiger partial charge in [-0.15, -0.1) is 0 Å². The molecule has 0 aliphatic carbocycles. The third-order valence-corrected chi connectivity index (χ3v) is 2.84. The van der Waals surface area contributed by atoms with Crippen LogP contribution < -0.4 is 0 Å². The Morgan fingerprint density at radius 1 is 1.29 bits per heavy atom. The van der Waals surface area contributed by atoms with E-state index in [0.717, 1.165) is 17.0 Å². The van der Waals surface area contributed by atoms with E-state index in [2.05, 4.69) is 18.8 Å². The van der Waals surface area contributed by atoms with Crippen LogP contribution in [0.4, 0.5) is 0 Å². The van der Waals surface area contributed by atoms with Crippen LogP contribution in [-0.4, -0.2) is 14.7 Å². The number of hydrogen-bond acceptors (Lipinski definition) is 2. The highest BCUT2D eigenvalue weighted by Crippen LogP contribution is 2.24. The first-order valence-electron chi connectivity index (χ1n) is 5.56. The van der Waals surface area contributed by atoms with E-state index >= 15 is 0 Å². The first-order chi connectivity index (χ1) is 8.11. The molecule has 2 aromatic rings. The number of aliphatic hydroxyl groups is 1. The Bertz CT molecular complexity index is 503. The van der Waals surface area contributed by atoms with Crippen molar-refractivity contribution >= 4 is 11.6 Å². The minimum atomic E-state index is 0.0552. The van der Waals surface area contributed by atoms with Crippen molar-refractivity contribution in [3.05, 3.63) is 41.2 Å². The van der Waals surface area contributed by atoms with E-state index in [9.17, 15) is 0 Å². The van der Waals surface area contributed by atoms with E-state index in [1.54, 1.807) is 0 Å². The van der Waals surface area contributed by atoms with Crippen molar-refractivity contribution < 1.29 is 5.11 Å². The first kappa shape index (κ1) is 12.1. The van der Waals surface area contributed by atoms with Gasteiger partial charge < -0.3 is 9.67 Å². The van der Waals surface area contributed by atoms with E-state index in [1.807, 2.05) is 35.0 Å². The van der Waals surface area contributed by atoms with Crippen LogP contribution >= 0.6 is 11.6 Å². The van der Waals surface area contributed by atoms with Crippen LogP contribution in [0.3, 0.4) is 0 Å². The molecule has 4 heteroatoms. The monoisotopic (exact) mass is 250 g/mol. The SMILES string of the molecule is CC(C)n1cc(Cl)nc1-c1ccc(CO)cc1. The molecule has 0 spiro atoms. The molecule has 3 nitrogen and oxygen atoms in total. The predicted octanol–water partition coefficient (Wildman–Crippen LogP) is 3.28. The number of imidazole rings is 1.